The van der Waals surface area contributed by atoms with Gasteiger partial charge in [0, 0.05) is 26.9 Å². The quantitative estimate of drug-likeness (QED) is 0.535. The van der Waals surface area contributed by atoms with Crippen LogP contribution in [-0.2, 0) is 14.2 Å². The van der Waals surface area contributed by atoms with Crippen LogP contribution in [0.25, 0.3) is 0 Å². The maximum atomic E-state index is 8.95. The smallest absolute Gasteiger partial charge is 0.103 e. The van der Waals surface area contributed by atoms with Crippen molar-refractivity contribution >= 4 is 0 Å². The third-order valence-corrected chi connectivity index (χ3v) is 2.77. The number of nitrogens with zero attached hydrogens (tertiary/aromatic N) is 1. The van der Waals surface area contributed by atoms with Crippen molar-refractivity contribution in [1.29, 1.82) is 5.26 Å². The minimum Gasteiger partial charge on any atom is -0.382 e. The highest BCUT2D eigenvalue weighted by Gasteiger charge is 2.19. The number of methoxy groups -OCH3 is 1. The molecule has 0 fully saturated rings. The Kier molecular flexibility index (Phi) is 11.0. The van der Waals surface area contributed by atoms with Crippen LogP contribution in [0.2, 0.25) is 0 Å². The average molecular weight is 258 g/mol. The summed E-state index contributed by atoms with van der Waals surface area (Å²) in [7, 11) is 3.47. The van der Waals surface area contributed by atoms with Gasteiger partial charge in [-0.25, -0.2) is 0 Å². The molecule has 5 heteroatoms. The highest BCUT2D eigenvalue weighted by Crippen LogP contribution is 2.10. The fraction of sp³-hybridized carbons (Fsp3) is 0.923. The van der Waals surface area contributed by atoms with E-state index in [4.69, 9.17) is 19.5 Å². The topological polar surface area (TPSA) is 63.5 Å². The molecule has 0 radical (unpaired) electrons. The molecule has 1 unspecified atom stereocenters. The van der Waals surface area contributed by atoms with Gasteiger partial charge in [0.25, 0.3) is 0 Å². The van der Waals surface area contributed by atoms with E-state index in [0.717, 1.165) is 19.3 Å². The van der Waals surface area contributed by atoms with Gasteiger partial charge in [0.1, 0.15) is 5.54 Å². The molecular formula is C13H26N2O3. The van der Waals surface area contributed by atoms with E-state index in [1.807, 2.05) is 6.92 Å². The lowest BCUT2D eigenvalue weighted by Crippen LogP contribution is -2.38. The van der Waals surface area contributed by atoms with E-state index >= 15 is 0 Å². The van der Waals surface area contributed by atoms with Gasteiger partial charge in [0.2, 0.25) is 0 Å². The standard InChI is InChI=1S/C13H26N2O3/c1-13(12-14,15-2)6-4-7-17-8-5-9-18-11-10-16-3/h15H,4-11H2,1-3H3. The van der Waals surface area contributed by atoms with Crippen LogP contribution >= 0.6 is 0 Å². The Hall–Kier alpha value is -0.670. The van der Waals surface area contributed by atoms with Gasteiger partial charge in [-0.15, -0.1) is 0 Å². The largest absolute Gasteiger partial charge is 0.382 e. The molecule has 0 aliphatic rings. The van der Waals surface area contributed by atoms with E-state index in [0.29, 0.717) is 33.0 Å². The van der Waals surface area contributed by atoms with Crippen LogP contribution < -0.4 is 5.32 Å². The fourth-order valence-electron chi connectivity index (χ4n) is 1.37. The first kappa shape index (κ1) is 17.3. The first-order chi connectivity index (χ1) is 8.68. The normalized spacial score (nSPS) is 14.1. The first-order valence-electron chi connectivity index (χ1n) is 6.43. The molecule has 0 aromatic heterocycles. The number of hydrogen-bond donors (Lipinski definition) is 1. The summed E-state index contributed by atoms with van der Waals surface area (Å²) in [5.41, 5.74) is -0.438. The van der Waals surface area contributed by atoms with Gasteiger partial charge < -0.3 is 19.5 Å². The van der Waals surface area contributed by atoms with E-state index in [9.17, 15) is 0 Å². The van der Waals surface area contributed by atoms with Crippen LogP contribution in [0.5, 0.6) is 0 Å². The van der Waals surface area contributed by atoms with Crippen LogP contribution in [0.4, 0.5) is 0 Å². The maximum absolute atomic E-state index is 8.95. The van der Waals surface area contributed by atoms with Gasteiger partial charge in [-0.1, -0.05) is 0 Å². The lowest BCUT2D eigenvalue weighted by Gasteiger charge is -2.20. The molecule has 0 aromatic carbocycles. The lowest BCUT2D eigenvalue weighted by molar-refractivity contribution is 0.0504. The van der Waals surface area contributed by atoms with Gasteiger partial charge >= 0.3 is 0 Å². The molecule has 106 valence electrons. The molecule has 0 spiro atoms. The molecule has 0 aromatic rings. The van der Waals surface area contributed by atoms with Crippen molar-refractivity contribution in [2.45, 2.75) is 31.7 Å². The van der Waals surface area contributed by atoms with Crippen LogP contribution in [0, 0.1) is 11.3 Å². The average Bonchev–Trinajstić information content (AvgIpc) is 2.40. The zero-order valence-corrected chi connectivity index (χ0v) is 11.8. The Balaban J connectivity index is 3.24. The highest BCUT2D eigenvalue weighted by atomic mass is 16.5. The number of rotatable bonds is 12. The number of nitrogens with one attached hydrogen (secondary N) is 1. The maximum Gasteiger partial charge on any atom is 0.103 e. The summed E-state index contributed by atoms with van der Waals surface area (Å²) in [6, 6.07) is 2.26. The van der Waals surface area contributed by atoms with Crippen molar-refractivity contribution in [3.8, 4) is 6.07 Å². The van der Waals surface area contributed by atoms with Gasteiger partial charge in [-0.2, -0.15) is 5.26 Å². The van der Waals surface area contributed by atoms with E-state index in [1.165, 1.54) is 0 Å². The molecule has 0 aliphatic heterocycles. The van der Waals surface area contributed by atoms with Gasteiger partial charge in [0.05, 0.1) is 19.3 Å². The summed E-state index contributed by atoms with van der Waals surface area (Å²) in [5.74, 6) is 0. The summed E-state index contributed by atoms with van der Waals surface area (Å²) in [6.45, 7) is 5.27. The minimum absolute atomic E-state index is 0.438. The van der Waals surface area contributed by atoms with Crippen molar-refractivity contribution in [3.05, 3.63) is 0 Å². The van der Waals surface area contributed by atoms with Crippen molar-refractivity contribution in [1.82, 2.24) is 5.32 Å². The number of ether oxygens (including phenoxy) is 3. The zero-order chi connectivity index (χ0) is 13.7. The SMILES string of the molecule is CNC(C)(C#N)CCCOCCCOCCOC. The van der Waals surface area contributed by atoms with Crippen LogP contribution in [0.1, 0.15) is 26.2 Å². The monoisotopic (exact) mass is 258 g/mol. The Morgan fingerprint density at radius 2 is 1.67 bits per heavy atom. The first-order valence-corrected chi connectivity index (χ1v) is 6.43. The summed E-state index contributed by atoms with van der Waals surface area (Å²) < 4.78 is 15.7. The van der Waals surface area contributed by atoms with E-state index in [1.54, 1.807) is 14.2 Å². The van der Waals surface area contributed by atoms with Crippen molar-refractivity contribution in [2.24, 2.45) is 0 Å². The fourth-order valence-corrected chi connectivity index (χ4v) is 1.37. The molecule has 0 rings (SSSR count). The molecule has 0 bridgehead atoms. The molecule has 0 amide bonds. The predicted molar refractivity (Wildman–Crippen MR) is 70.4 cm³/mol. The zero-order valence-electron chi connectivity index (χ0n) is 11.8. The van der Waals surface area contributed by atoms with Gasteiger partial charge in [0.15, 0.2) is 0 Å². The Morgan fingerprint density at radius 3 is 2.22 bits per heavy atom. The van der Waals surface area contributed by atoms with E-state index < -0.39 is 5.54 Å². The summed E-state index contributed by atoms with van der Waals surface area (Å²) in [4.78, 5) is 0. The molecule has 1 N–H and O–H groups in total. The van der Waals surface area contributed by atoms with Gasteiger partial charge in [-0.05, 0) is 33.2 Å². The van der Waals surface area contributed by atoms with Crippen LogP contribution in [0.15, 0.2) is 0 Å². The molecule has 0 heterocycles. The van der Waals surface area contributed by atoms with Crippen LogP contribution in [0.3, 0.4) is 0 Å². The summed E-state index contributed by atoms with van der Waals surface area (Å²) >= 11 is 0. The predicted octanol–water partition coefficient (Wildman–Crippen LogP) is 1.34. The van der Waals surface area contributed by atoms with E-state index in [2.05, 4.69) is 11.4 Å². The Labute approximate surface area is 110 Å². The van der Waals surface area contributed by atoms with Crippen molar-refractivity contribution in [3.63, 3.8) is 0 Å². The van der Waals surface area contributed by atoms with Crippen LogP contribution in [-0.4, -0.2) is 52.7 Å². The Morgan fingerprint density at radius 1 is 1.06 bits per heavy atom. The Bertz CT molecular complexity index is 231. The molecule has 18 heavy (non-hydrogen) atoms. The number of hydrogen-bond acceptors (Lipinski definition) is 5. The second-order valence-electron chi connectivity index (χ2n) is 4.37. The van der Waals surface area contributed by atoms with E-state index in [-0.39, 0.29) is 0 Å². The molecular weight excluding hydrogens is 232 g/mol. The molecule has 0 saturated heterocycles. The number of nitriles is 1. The third kappa shape index (κ3) is 9.37. The molecule has 5 nitrogen and oxygen atoms in total. The lowest BCUT2D eigenvalue weighted by atomic mass is 9.98. The molecule has 1 atom stereocenters. The minimum atomic E-state index is -0.438. The molecule has 0 aliphatic carbocycles. The summed E-state index contributed by atoms with van der Waals surface area (Å²) in [6.07, 6.45) is 2.57. The third-order valence-electron chi connectivity index (χ3n) is 2.77. The second-order valence-corrected chi connectivity index (χ2v) is 4.37. The van der Waals surface area contributed by atoms with Crippen molar-refractivity contribution in [2.75, 3.05) is 47.2 Å². The van der Waals surface area contributed by atoms with Gasteiger partial charge in [-0.3, -0.25) is 0 Å². The summed E-state index contributed by atoms with van der Waals surface area (Å²) in [5, 5.41) is 12.0. The second kappa shape index (κ2) is 11.4. The van der Waals surface area contributed by atoms with Crippen molar-refractivity contribution < 1.29 is 14.2 Å². The highest BCUT2D eigenvalue weighted by molar-refractivity contribution is 5.02. The molecule has 0 saturated carbocycles.